The first-order chi connectivity index (χ1) is 7.81. The second-order valence-corrected chi connectivity index (χ2v) is 3.93. The number of allylic oxidation sites excluding steroid dienone is 1. The van der Waals surface area contributed by atoms with Gasteiger partial charge in [0.2, 0.25) is 0 Å². The van der Waals surface area contributed by atoms with Gasteiger partial charge in [0.15, 0.2) is 0 Å². The lowest BCUT2D eigenvalue weighted by molar-refractivity contribution is 0.255. The molecule has 0 aliphatic carbocycles. The highest BCUT2D eigenvalue weighted by atomic mass is 16.4. The van der Waals surface area contributed by atoms with Gasteiger partial charge < -0.3 is 4.65 Å². The standard InChI is InChI=1S/C14H21BO/c1-4-10-14(16-15(5-2)6-3)13-11-8-7-9-12-13/h4,7-12,14H,5-6H2,1-3H3. The van der Waals surface area contributed by atoms with Crippen LogP contribution in [0.2, 0.25) is 12.6 Å². The Kier molecular flexibility index (Phi) is 5.95. The molecule has 0 bridgehead atoms. The van der Waals surface area contributed by atoms with Gasteiger partial charge in [0.25, 0.3) is 6.92 Å². The zero-order chi connectivity index (χ0) is 11.8. The molecular formula is C14H21BO. The van der Waals surface area contributed by atoms with Gasteiger partial charge in [-0.2, -0.15) is 0 Å². The molecule has 0 amide bonds. The fourth-order valence-corrected chi connectivity index (χ4v) is 1.74. The first kappa shape index (κ1) is 13.1. The zero-order valence-corrected chi connectivity index (χ0v) is 10.5. The predicted octanol–water partition coefficient (Wildman–Crippen LogP) is 4.35. The normalized spacial score (nSPS) is 12.9. The molecule has 0 saturated carbocycles. The molecule has 0 N–H and O–H groups in total. The monoisotopic (exact) mass is 216 g/mol. The maximum absolute atomic E-state index is 6.09. The average molecular weight is 216 g/mol. The first-order valence-electron chi connectivity index (χ1n) is 6.15. The molecule has 1 nitrogen and oxygen atoms in total. The van der Waals surface area contributed by atoms with Gasteiger partial charge in [0.05, 0.1) is 6.10 Å². The Bertz CT molecular complexity index is 304. The fourth-order valence-electron chi connectivity index (χ4n) is 1.74. The summed E-state index contributed by atoms with van der Waals surface area (Å²) in [6, 6.07) is 10.4. The average Bonchev–Trinajstić information content (AvgIpc) is 2.35. The van der Waals surface area contributed by atoms with Crippen molar-refractivity contribution in [1.29, 1.82) is 0 Å². The number of hydrogen-bond donors (Lipinski definition) is 0. The quantitative estimate of drug-likeness (QED) is 0.507. The summed E-state index contributed by atoms with van der Waals surface area (Å²) in [6.07, 6.45) is 6.40. The Morgan fingerprint density at radius 2 is 1.81 bits per heavy atom. The number of hydrogen-bond acceptors (Lipinski definition) is 1. The molecule has 1 aromatic carbocycles. The van der Waals surface area contributed by atoms with Crippen LogP contribution < -0.4 is 0 Å². The van der Waals surface area contributed by atoms with Gasteiger partial charge in [-0.1, -0.05) is 69.0 Å². The maximum atomic E-state index is 6.09. The summed E-state index contributed by atoms with van der Waals surface area (Å²) in [6.45, 7) is 6.73. The summed E-state index contributed by atoms with van der Waals surface area (Å²) in [4.78, 5) is 0. The van der Waals surface area contributed by atoms with Gasteiger partial charge in [0.1, 0.15) is 0 Å². The van der Waals surface area contributed by atoms with E-state index in [2.05, 4.69) is 50.3 Å². The molecule has 0 radical (unpaired) electrons. The lowest BCUT2D eigenvalue weighted by atomic mass is 9.62. The molecule has 16 heavy (non-hydrogen) atoms. The van der Waals surface area contributed by atoms with Gasteiger partial charge in [-0.3, -0.25) is 0 Å². The fraction of sp³-hybridized carbons (Fsp3) is 0.429. The Morgan fingerprint density at radius 3 is 2.31 bits per heavy atom. The molecule has 0 spiro atoms. The van der Waals surface area contributed by atoms with E-state index in [1.165, 1.54) is 5.56 Å². The van der Waals surface area contributed by atoms with E-state index in [1.807, 2.05) is 13.0 Å². The van der Waals surface area contributed by atoms with Crippen molar-refractivity contribution in [2.75, 3.05) is 0 Å². The largest absolute Gasteiger partial charge is 0.426 e. The van der Waals surface area contributed by atoms with E-state index in [1.54, 1.807) is 0 Å². The van der Waals surface area contributed by atoms with Crippen LogP contribution in [0.5, 0.6) is 0 Å². The van der Waals surface area contributed by atoms with Crippen molar-refractivity contribution in [1.82, 2.24) is 0 Å². The van der Waals surface area contributed by atoms with Crippen LogP contribution in [0.15, 0.2) is 42.5 Å². The van der Waals surface area contributed by atoms with Crippen LogP contribution in [0.3, 0.4) is 0 Å². The van der Waals surface area contributed by atoms with Crippen LogP contribution in [0.25, 0.3) is 0 Å². The minimum Gasteiger partial charge on any atom is -0.426 e. The molecule has 0 aromatic heterocycles. The molecule has 86 valence electrons. The van der Waals surface area contributed by atoms with Crippen LogP contribution in [0.4, 0.5) is 0 Å². The van der Waals surface area contributed by atoms with E-state index < -0.39 is 0 Å². The third-order valence-corrected chi connectivity index (χ3v) is 2.75. The smallest absolute Gasteiger partial charge is 0.293 e. The SMILES string of the molecule is CC=CC(OB(CC)CC)c1ccccc1. The Hall–Kier alpha value is -1.02. The van der Waals surface area contributed by atoms with Crippen molar-refractivity contribution in [3.63, 3.8) is 0 Å². The van der Waals surface area contributed by atoms with Crippen molar-refractivity contribution in [3.8, 4) is 0 Å². The van der Waals surface area contributed by atoms with E-state index in [9.17, 15) is 0 Å². The van der Waals surface area contributed by atoms with E-state index in [0.717, 1.165) is 12.6 Å². The number of rotatable bonds is 6. The topological polar surface area (TPSA) is 9.23 Å². The molecular weight excluding hydrogens is 195 g/mol. The van der Waals surface area contributed by atoms with E-state index in [-0.39, 0.29) is 6.10 Å². The van der Waals surface area contributed by atoms with E-state index in [0.29, 0.717) is 6.92 Å². The van der Waals surface area contributed by atoms with Crippen LogP contribution in [-0.4, -0.2) is 6.92 Å². The molecule has 1 rings (SSSR count). The molecule has 1 aromatic rings. The zero-order valence-electron chi connectivity index (χ0n) is 10.5. The first-order valence-corrected chi connectivity index (χ1v) is 6.15. The summed E-state index contributed by atoms with van der Waals surface area (Å²) in [5.41, 5.74) is 1.23. The van der Waals surface area contributed by atoms with E-state index in [4.69, 9.17) is 4.65 Å². The van der Waals surface area contributed by atoms with Crippen molar-refractivity contribution in [2.24, 2.45) is 0 Å². The molecule has 0 aliphatic rings. The van der Waals surface area contributed by atoms with Gasteiger partial charge in [0, 0.05) is 0 Å². The third kappa shape index (κ3) is 3.86. The molecule has 1 atom stereocenters. The highest BCUT2D eigenvalue weighted by Crippen LogP contribution is 2.21. The van der Waals surface area contributed by atoms with Gasteiger partial charge >= 0.3 is 0 Å². The minimum absolute atomic E-state index is 0.0936. The Balaban J connectivity index is 2.75. The summed E-state index contributed by atoms with van der Waals surface area (Å²) >= 11 is 0. The highest BCUT2D eigenvalue weighted by molar-refractivity contribution is 6.51. The van der Waals surface area contributed by atoms with Crippen molar-refractivity contribution < 1.29 is 4.65 Å². The Morgan fingerprint density at radius 1 is 1.19 bits per heavy atom. The van der Waals surface area contributed by atoms with Gasteiger partial charge in [-0.05, 0) is 12.5 Å². The van der Waals surface area contributed by atoms with Crippen LogP contribution >= 0.6 is 0 Å². The minimum atomic E-state index is 0.0936. The van der Waals surface area contributed by atoms with Crippen LogP contribution in [-0.2, 0) is 4.65 Å². The van der Waals surface area contributed by atoms with Crippen molar-refractivity contribution >= 4 is 6.92 Å². The third-order valence-electron chi connectivity index (χ3n) is 2.75. The number of benzene rings is 1. The summed E-state index contributed by atoms with van der Waals surface area (Å²) in [7, 11) is 0. The van der Waals surface area contributed by atoms with Crippen LogP contribution in [0.1, 0.15) is 32.4 Å². The second-order valence-electron chi connectivity index (χ2n) is 3.93. The summed E-state index contributed by atoms with van der Waals surface area (Å²) in [5.74, 6) is 0. The van der Waals surface area contributed by atoms with E-state index >= 15 is 0 Å². The summed E-state index contributed by atoms with van der Waals surface area (Å²) in [5, 5.41) is 0. The highest BCUT2D eigenvalue weighted by Gasteiger charge is 2.16. The summed E-state index contributed by atoms with van der Waals surface area (Å²) < 4.78 is 6.09. The predicted molar refractivity (Wildman–Crippen MR) is 71.8 cm³/mol. The molecule has 2 heteroatoms. The van der Waals surface area contributed by atoms with Gasteiger partial charge in [-0.15, -0.1) is 0 Å². The molecule has 0 heterocycles. The molecule has 0 fully saturated rings. The van der Waals surface area contributed by atoms with Gasteiger partial charge in [-0.25, -0.2) is 0 Å². The molecule has 1 unspecified atom stereocenters. The van der Waals surface area contributed by atoms with Crippen molar-refractivity contribution in [3.05, 3.63) is 48.0 Å². The maximum Gasteiger partial charge on any atom is 0.293 e. The second kappa shape index (κ2) is 7.29. The lowest BCUT2D eigenvalue weighted by Gasteiger charge is -2.19. The van der Waals surface area contributed by atoms with Crippen molar-refractivity contribution in [2.45, 2.75) is 39.5 Å². The lowest BCUT2D eigenvalue weighted by Crippen LogP contribution is -2.18. The van der Waals surface area contributed by atoms with Crippen LogP contribution in [0, 0.1) is 0 Å². The molecule has 0 saturated heterocycles. The molecule has 0 aliphatic heterocycles. The Labute approximate surface area is 99.6 Å².